The number of benzene rings is 1. The average molecular weight is 261 g/mol. The number of esters is 1. The van der Waals surface area contributed by atoms with Crippen LogP contribution in [0.3, 0.4) is 0 Å². The van der Waals surface area contributed by atoms with Crippen molar-refractivity contribution >= 4 is 17.6 Å². The van der Waals surface area contributed by atoms with Crippen molar-refractivity contribution in [1.82, 2.24) is 0 Å². The van der Waals surface area contributed by atoms with Crippen LogP contribution in [0.2, 0.25) is 5.02 Å². The number of rotatable bonds is 4. The molecule has 3 N–H and O–H groups in total. The van der Waals surface area contributed by atoms with Crippen LogP contribution in [0.1, 0.15) is 18.1 Å². The number of carbonyl (C=O) groups is 1. The molecule has 0 aliphatic heterocycles. The molecule has 1 aromatic carbocycles. The Morgan fingerprint density at radius 3 is 2.71 bits per heavy atom. The van der Waals surface area contributed by atoms with E-state index in [1.165, 1.54) is 25.3 Å². The number of hydrogen-bond acceptors (Lipinski definition) is 5. The van der Waals surface area contributed by atoms with Crippen molar-refractivity contribution in [3.8, 4) is 5.75 Å². The van der Waals surface area contributed by atoms with E-state index in [1.54, 1.807) is 0 Å². The van der Waals surface area contributed by atoms with Crippen LogP contribution < -0.4 is 0 Å². The number of methoxy groups -OCH3 is 1. The molecular formula is C11H13ClO5. The van der Waals surface area contributed by atoms with Crippen LogP contribution in [0.15, 0.2) is 18.2 Å². The number of phenols is 1. The Kier molecular flexibility index (Phi) is 4.74. The van der Waals surface area contributed by atoms with Crippen molar-refractivity contribution < 1.29 is 24.9 Å². The van der Waals surface area contributed by atoms with Crippen molar-refractivity contribution in [2.45, 2.75) is 18.6 Å². The van der Waals surface area contributed by atoms with E-state index >= 15 is 0 Å². The minimum Gasteiger partial charge on any atom is -0.506 e. The predicted octanol–water partition coefficient (Wildman–Crippen LogP) is 1.00. The fourth-order valence-electron chi connectivity index (χ4n) is 1.34. The Hall–Kier alpha value is -1.30. The molecule has 0 fully saturated rings. The first-order chi connectivity index (χ1) is 7.97. The molecule has 1 rings (SSSR count). The molecule has 0 aromatic heterocycles. The lowest BCUT2D eigenvalue weighted by molar-refractivity contribution is -0.144. The van der Waals surface area contributed by atoms with E-state index in [9.17, 15) is 20.1 Å². The summed E-state index contributed by atoms with van der Waals surface area (Å²) in [7, 11) is 1.18. The zero-order chi connectivity index (χ0) is 13.0. The summed E-state index contributed by atoms with van der Waals surface area (Å²) < 4.78 is 4.37. The molecule has 2 unspecified atom stereocenters. The van der Waals surface area contributed by atoms with E-state index in [-0.39, 0.29) is 22.8 Å². The molecule has 1 aromatic rings. The number of aliphatic hydroxyl groups excluding tert-OH is 2. The van der Waals surface area contributed by atoms with Gasteiger partial charge in [-0.2, -0.15) is 0 Å². The monoisotopic (exact) mass is 260 g/mol. The number of halogens is 1. The minimum absolute atomic E-state index is 0.0519. The number of aromatic hydroxyl groups is 1. The summed E-state index contributed by atoms with van der Waals surface area (Å²) in [4.78, 5) is 10.9. The smallest absolute Gasteiger partial charge is 0.308 e. The second-order valence-corrected chi connectivity index (χ2v) is 3.85. The number of carbonyl (C=O) groups excluding carboxylic acids is 1. The van der Waals surface area contributed by atoms with Crippen molar-refractivity contribution in [2.75, 3.05) is 7.11 Å². The summed E-state index contributed by atoms with van der Waals surface area (Å²) in [5, 5.41) is 28.7. The molecular weight excluding hydrogens is 248 g/mol. The van der Waals surface area contributed by atoms with Crippen LogP contribution >= 0.6 is 11.6 Å². The average Bonchev–Trinajstić information content (AvgIpc) is 2.31. The Balaban J connectivity index is 2.85. The molecule has 2 atom stereocenters. The van der Waals surface area contributed by atoms with E-state index in [2.05, 4.69) is 4.74 Å². The van der Waals surface area contributed by atoms with E-state index in [1.807, 2.05) is 0 Å². The minimum atomic E-state index is -1.37. The SMILES string of the molecule is COC(=O)CC(O)C(O)c1cccc(O)c1Cl. The van der Waals surface area contributed by atoms with Gasteiger partial charge in [0.2, 0.25) is 0 Å². The maximum absolute atomic E-state index is 10.9. The molecule has 94 valence electrons. The highest BCUT2D eigenvalue weighted by molar-refractivity contribution is 6.32. The van der Waals surface area contributed by atoms with Crippen LogP contribution in [0, 0.1) is 0 Å². The van der Waals surface area contributed by atoms with Crippen LogP contribution in [0.25, 0.3) is 0 Å². The predicted molar refractivity (Wildman–Crippen MR) is 60.7 cm³/mol. The molecule has 17 heavy (non-hydrogen) atoms. The van der Waals surface area contributed by atoms with Gasteiger partial charge < -0.3 is 20.1 Å². The van der Waals surface area contributed by atoms with Crippen LogP contribution in [0.5, 0.6) is 5.75 Å². The highest BCUT2D eigenvalue weighted by atomic mass is 35.5. The van der Waals surface area contributed by atoms with Gasteiger partial charge in [-0.25, -0.2) is 0 Å². The Labute approximate surface area is 103 Å². The zero-order valence-electron chi connectivity index (χ0n) is 9.13. The lowest BCUT2D eigenvalue weighted by Crippen LogP contribution is -2.22. The van der Waals surface area contributed by atoms with Crippen LogP contribution in [-0.4, -0.2) is 34.5 Å². The first-order valence-electron chi connectivity index (χ1n) is 4.87. The van der Waals surface area contributed by atoms with Gasteiger partial charge in [0.1, 0.15) is 11.9 Å². The summed E-state index contributed by atoms with van der Waals surface area (Å²) in [5.41, 5.74) is 0.156. The van der Waals surface area contributed by atoms with Gasteiger partial charge in [-0.15, -0.1) is 0 Å². The van der Waals surface area contributed by atoms with Gasteiger partial charge in [0.15, 0.2) is 0 Å². The molecule has 0 saturated heterocycles. The number of ether oxygens (including phenoxy) is 1. The van der Waals surface area contributed by atoms with Crippen LogP contribution in [-0.2, 0) is 9.53 Å². The van der Waals surface area contributed by atoms with E-state index in [4.69, 9.17) is 11.6 Å². The number of aliphatic hydroxyl groups is 2. The van der Waals surface area contributed by atoms with Gasteiger partial charge in [-0.05, 0) is 6.07 Å². The molecule has 6 heteroatoms. The third kappa shape index (κ3) is 3.33. The standard InChI is InChI=1S/C11H13ClO5/c1-17-9(15)5-8(14)11(16)6-3-2-4-7(13)10(6)12/h2-4,8,11,13-14,16H,5H2,1H3. The van der Waals surface area contributed by atoms with Gasteiger partial charge >= 0.3 is 5.97 Å². The zero-order valence-corrected chi connectivity index (χ0v) is 9.89. The molecule has 0 aliphatic carbocycles. The highest BCUT2D eigenvalue weighted by Crippen LogP contribution is 2.32. The third-order valence-electron chi connectivity index (χ3n) is 2.29. The number of hydrogen-bond donors (Lipinski definition) is 3. The molecule has 5 nitrogen and oxygen atoms in total. The normalized spacial score (nSPS) is 14.1. The lowest BCUT2D eigenvalue weighted by atomic mass is 10.0. The first kappa shape index (κ1) is 13.8. The van der Waals surface area contributed by atoms with E-state index in [0.717, 1.165) is 0 Å². The van der Waals surface area contributed by atoms with E-state index < -0.39 is 18.2 Å². The lowest BCUT2D eigenvalue weighted by Gasteiger charge is -2.18. The summed E-state index contributed by atoms with van der Waals surface area (Å²) in [5.74, 6) is -0.846. The van der Waals surface area contributed by atoms with Crippen LogP contribution in [0.4, 0.5) is 0 Å². The first-order valence-corrected chi connectivity index (χ1v) is 5.25. The van der Waals surface area contributed by atoms with Crippen molar-refractivity contribution in [1.29, 1.82) is 0 Å². The Morgan fingerprint density at radius 1 is 1.47 bits per heavy atom. The molecule has 0 saturated carbocycles. The maximum atomic E-state index is 10.9. The topological polar surface area (TPSA) is 87.0 Å². The molecule has 0 spiro atoms. The second kappa shape index (κ2) is 5.86. The van der Waals surface area contributed by atoms with Crippen molar-refractivity contribution in [2.24, 2.45) is 0 Å². The highest BCUT2D eigenvalue weighted by Gasteiger charge is 2.24. The van der Waals surface area contributed by atoms with Gasteiger partial charge in [0, 0.05) is 5.56 Å². The summed E-state index contributed by atoms with van der Waals surface area (Å²) >= 11 is 5.77. The second-order valence-electron chi connectivity index (χ2n) is 3.47. The van der Waals surface area contributed by atoms with Gasteiger partial charge in [0.05, 0.1) is 24.7 Å². The molecule has 0 aliphatic rings. The molecule has 0 heterocycles. The molecule has 0 radical (unpaired) electrons. The summed E-state index contributed by atoms with van der Waals surface area (Å²) in [6.07, 6.45) is -3.07. The molecule has 0 amide bonds. The van der Waals surface area contributed by atoms with Crippen molar-refractivity contribution in [3.63, 3.8) is 0 Å². The summed E-state index contributed by atoms with van der Waals surface area (Å²) in [6, 6.07) is 4.28. The quantitative estimate of drug-likeness (QED) is 0.703. The largest absolute Gasteiger partial charge is 0.506 e. The Morgan fingerprint density at radius 2 is 2.12 bits per heavy atom. The fourth-order valence-corrected chi connectivity index (χ4v) is 1.58. The van der Waals surface area contributed by atoms with Gasteiger partial charge in [-0.1, -0.05) is 23.7 Å². The Bertz CT molecular complexity index is 407. The van der Waals surface area contributed by atoms with E-state index in [0.29, 0.717) is 0 Å². The number of phenolic OH excluding ortho intramolecular Hbond substituents is 1. The third-order valence-corrected chi connectivity index (χ3v) is 2.71. The maximum Gasteiger partial charge on any atom is 0.308 e. The van der Waals surface area contributed by atoms with Gasteiger partial charge in [0.25, 0.3) is 0 Å². The van der Waals surface area contributed by atoms with Gasteiger partial charge in [-0.3, -0.25) is 4.79 Å². The molecule has 0 bridgehead atoms. The summed E-state index contributed by atoms with van der Waals surface area (Å²) in [6.45, 7) is 0. The fraction of sp³-hybridized carbons (Fsp3) is 0.364. The van der Waals surface area contributed by atoms with Crippen molar-refractivity contribution in [3.05, 3.63) is 28.8 Å².